The molecule has 2 saturated heterocycles. The number of nitrogens with one attached hydrogen (secondary N) is 3. The number of pyridine rings is 2. The van der Waals surface area contributed by atoms with Crippen molar-refractivity contribution in [2.45, 2.75) is 38.0 Å². The molecule has 0 saturated carbocycles. The average molecular weight is 703 g/mol. The van der Waals surface area contributed by atoms with Gasteiger partial charge in [-0.15, -0.1) is 0 Å². The Balaban J connectivity index is 1.11. The highest BCUT2D eigenvalue weighted by atomic mass is 35.5. The van der Waals surface area contributed by atoms with E-state index in [1.807, 2.05) is 60.7 Å². The molecule has 0 aliphatic carbocycles. The standard InChI is InChI=1S/C35H33Cl2N7O5/c1-47-32-20(15-38-16-28-41-34(46)49-43-28)9-11-26(39-32)24-7-3-5-22(30(24)36)23-6-4-8-25(31(23)37)27-12-10-21(33(40-27)48-2)17-44-18-35(19-44)14-13-29(45)42-35/h3-12,38H,13-19H2,1-2H3,(H,42,45)(H,41,43,46). The van der Waals surface area contributed by atoms with Crippen LogP contribution in [0.25, 0.3) is 33.6 Å². The normalized spacial score (nSPS) is 15.3. The molecule has 2 aliphatic rings. The van der Waals surface area contributed by atoms with Crippen molar-refractivity contribution < 1.29 is 18.8 Å². The monoisotopic (exact) mass is 701 g/mol. The van der Waals surface area contributed by atoms with Crippen LogP contribution in [-0.2, 0) is 24.4 Å². The smallest absolute Gasteiger partial charge is 0.459 e. The number of methoxy groups -OCH3 is 2. The molecule has 252 valence electrons. The topological polar surface area (TPSA) is 147 Å². The van der Waals surface area contributed by atoms with Crippen LogP contribution >= 0.6 is 23.2 Å². The summed E-state index contributed by atoms with van der Waals surface area (Å²) in [4.78, 5) is 38.5. The molecule has 1 amide bonds. The zero-order valence-corrected chi connectivity index (χ0v) is 28.3. The molecule has 7 rings (SSSR count). The number of amides is 1. The number of H-pyrrole nitrogens is 1. The largest absolute Gasteiger partial charge is 0.481 e. The number of carbonyl (C=O) groups is 1. The van der Waals surface area contributed by atoms with Crippen molar-refractivity contribution in [1.29, 1.82) is 0 Å². The maximum atomic E-state index is 11.7. The maximum absolute atomic E-state index is 11.7. The van der Waals surface area contributed by atoms with Crippen LogP contribution in [-0.4, -0.2) is 63.8 Å². The number of carbonyl (C=O) groups excluding carboxylic acids is 1. The maximum Gasteiger partial charge on any atom is 0.459 e. The molecule has 12 nitrogen and oxygen atoms in total. The van der Waals surface area contributed by atoms with Gasteiger partial charge in [-0.1, -0.05) is 71.7 Å². The predicted octanol–water partition coefficient (Wildman–Crippen LogP) is 5.23. The van der Waals surface area contributed by atoms with E-state index in [1.165, 1.54) is 0 Å². The fourth-order valence-electron chi connectivity index (χ4n) is 6.55. The Hall–Kier alpha value is -4.75. The lowest BCUT2D eigenvalue weighted by Gasteiger charge is -2.48. The minimum absolute atomic E-state index is 0.0863. The van der Waals surface area contributed by atoms with Gasteiger partial charge < -0.3 is 24.6 Å². The molecule has 0 atom stereocenters. The fraction of sp³-hybridized carbons (Fsp3) is 0.286. The Morgan fingerprint density at radius 3 is 1.96 bits per heavy atom. The second kappa shape index (κ2) is 13.6. The molecule has 0 radical (unpaired) electrons. The third-order valence-corrected chi connectivity index (χ3v) is 9.69. The van der Waals surface area contributed by atoms with Gasteiger partial charge in [-0.25, -0.2) is 19.9 Å². The molecule has 3 aromatic heterocycles. The molecule has 2 aliphatic heterocycles. The number of benzene rings is 2. The summed E-state index contributed by atoms with van der Waals surface area (Å²) >= 11 is 14.2. The van der Waals surface area contributed by atoms with E-state index in [2.05, 4.69) is 30.2 Å². The van der Waals surface area contributed by atoms with E-state index >= 15 is 0 Å². The van der Waals surface area contributed by atoms with E-state index in [4.69, 9.17) is 42.6 Å². The molecule has 5 heterocycles. The number of hydrogen-bond acceptors (Lipinski definition) is 10. The van der Waals surface area contributed by atoms with Gasteiger partial charge in [0.15, 0.2) is 5.82 Å². The zero-order valence-electron chi connectivity index (χ0n) is 26.8. The van der Waals surface area contributed by atoms with Crippen LogP contribution in [0.15, 0.2) is 70.0 Å². The Kier molecular flexibility index (Phi) is 9.12. The summed E-state index contributed by atoms with van der Waals surface area (Å²) in [6.07, 6.45) is 1.48. The summed E-state index contributed by atoms with van der Waals surface area (Å²) in [6.45, 7) is 3.02. The minimum Gasteiger partial charge on any atom is -0.481 e. The highest BCUT2D eigenvalue weighted by molar-refractivity contribution is 6.39. The van der Waals surface area contributed by atoms with Crippen LogP contribution in [0.4, 0.5) is 0 Å². The van der Waals surface area contributed by atoms with Gasteiger partial charge in [0.1, 0.15) is 0 Å². The lowest BCUT2D eigenvalue weighted by molar-refractivity contribution is -0.120. The van der Waals surface area contributed by atoms with Gasteiger partial charge in [-0.05, 0) is 18.6 Å². The summed E-state index contributed by atoms with van der Waals surface area (Å²) < 4.78 is 15.9. The minimum atomic E-state index is -0.673. The van der Waals surface area contributed by atoms with Gasteiger partial charge in [0, 0.05) is 66.0 Å². The Bertz CT molecular complexity index is 2090. The van der Waals surface area contributed by atoms with E-state index in [0.29, 0.717) is 70.6 Å². The fourth-order valence-corrected chi connectivity index (χ4v) is 7.19. The van der Waals surface area contributed by atoms with Crippen LogP contribution < -0.4 is 25.9 Å². The Labute approximate surface area is 291 Å². The number of rotatable bonds is 11. The first-order valence-corrected chi connectivity index (χ1v) is 16.5. The number of aromatic amines is 1. The number of likely N-dealkylation sites (tertiary alicyclic amines) is 1. The van der Waals surface area contributed by atoms with Crippen molar-refractivity contribution in [1.82, 2.24) is 35.6 Å². The zero-order chi connectivity index (χ0) is 34.1. The molecule has 3 N–H and O–H groups in total. The number of nitrogens with zero attached hydrogens (tertiary/aromatic N) is 4. The molecule has 49 heavy (non-hydrogen) atoms. The van der Waals surface area contributed by atoms with Crippen LogP contribution in [0, 0.1) is 0 Å². The summed E-state index contributed by atoms with van der Waals surface area (Å²) in [5.74, 6) is 0.814. The van der Waals surface area contributed by atoms with Crippen molar-refractivity contribution in [3.63, 3.8) is 0 Å². The van der Waals surface area contributed by atoms with E-state index in [0.717, 1.165) is 47.3 Å². The molecule has 2 aromatic carbocycles. The molecule has 2 fully saturated rings. The molecule has 1 spiro atoms. The van der Waals surface area contributed by atoms with Crippen LogP contribution in [0.3, 0.4) is 0 Å². The third-order valence-electron chi connectivity index (χ3n) is 8.88. The molecule has 0 unspecified atom stereocenters. The summed E-state index contributed by atoms with van der Waals surface area (Å²) in [6, 6.07) is 19.3. The van der Waals surface area contributed by atoms with Crippen LogP contribution in [0.5, 0.6) is 11.8 Å². The lowest BCUT2D eigenvalue weighted by atomic mass is 9.88. The Morgan fingerprint density at radius 1 is 0.816 bits per heavy atom. The average Bonchev–Trinajstić information content (AvgIpc) is 3.70. The van der Waals surface area contributed by atoms with Gasteiger partial charge in [0.05, 0.1) is 47.7 Å². The lowest BCUT2D eigenvalue weighted by Crippen LogP contribution is -2.66. The SMILES string of the molecule is COc1nc(-c2cccc(-c3cccc(-c4ccc(CN5CC6(CCC(=O)N6)C5)c(OC)n4)c3Cl)c2Cl)ccc1CNCc1nc(=O)o[nH]1. The summed E-state index contributed by atoms with van der Waals surface area (Å²) in [7, 11) is 3.17. The van der Waals surface area contributed by atoms with E-state index in [-0.39, 0.29) is 11.4 Å². The van der Waals surface area contributed by atoms with Gasteiger partial charge >= 0.3 is 5.76 Å². The number of hydrogen-bond donors (Lipinski definition) is 3. The quantitative estimate of drug-likeness (QED) is 0.167. The van der Waals surface area contributed by atoms with Crippen molar-refractivity contribution in [2.75, 3.05) is 27.3 Å². The van der Waals surface area contributed by atoms with Crippen LogP contribution in [0.2, 0.25) is 10.0 Å². The highest BCUT2D eigenvalue weighted by Gasteiger charge is 2.47. The third kappa shape index (κ3) is 6.64. The predicted molar refractivity (Wildman–Crippen MR) is 185 cm³/mol. The summed E-state index contributed by atoms with van der Waals surface area (Å²) in [5.41, 5.74) is 5.94. The van der Waals surface area contributed by atoms with E-state index in [9.17, 15) is 9.59 Å². The highest BCUT2D eigenvalue weighted by Crippen LogP contribution is 2.42. The van der Waals surface area contributed by atoms with Gasteiger partial charge in [-0.2, -0.15) is 4.98 Å². The number of halogens is 2. The summed E-state index contributed by atoms with van der Waals surface area (Å²) in [5, 5.41) is 9.77. The van der Waals surface area contributed by atoms with Gasteiger partial charge in [0.25, 0.3) is 0 Å². The van der Waals surface area contributed by atoms with Gasteiger partial charge in [0.2, 0.25) is 17.7 Å². The first-order chi connectivity index (χ1) is 23.8. The van der Waals surface area contributed by atoms with Crippen molar-refractivity contribution in [2.24, 2.45) is 0 Å². The molecule has 14 heteroatoms. The van der Waals surface area contributed by atoms with Crippen molar-refractivity contribution >= 4 is 29.1 Å². The molecule has 0 bridgehead atoms. The van der Waals surface area contributed by atoms with Gasteiger partial charge in [-0.3, -0.25) is 9.69 Å². The Morgan fingerprint density at radius 2 is 1.41 bits per heavy atom. The van der Waals surface area contributed by atoms with Crippen molar-refractivity contribution in [3.8, 4) is 45.4 Å². The molecular weight excluding hydrogens is 669 g/mol. The van der Waals surface area contributed by atoms with E-state index in [1.54, 1.807) is 14.2 Å². The second-order valence-corrected chi connectivity index (χ2v) is 12.9. The number of aromatic nitrogens is 4. The van der Waals surface area contributed by atoms with Crippen molar-refractivity contribution in [3.05, 3.63) is 98.2 Å². The van der Waals surface area contributed by atoms with E-state index < -0.39 is 5.76 Å². The number of ether oxygens (including phenoxy) is 2. The molecule has 5 aromatic rings. The molecular formula is C35H33Cl2N7O5. The first kappa shape index (κ1) is 32.8. The van der Waals surface area contributed by atoms with Crippen LogP contribution in [0.1, 0.15) is 29.8 Å². The second-order valence-electron chi connectivity index (χ2n) is 12.2. The first-order valence-electron chi connectivity index (χ1n) is 15.7.